The highest BCUT2D eigenvalue weighted by molar-refractivity contribution is 7.94. The van der Waals surface area contributed by atoms with E-state index in [4.69, 9.17) is 11.6 Å². The molecule has 1 amide bonds. The van der Waals surface area contributed by atoms with Gasteiger partial charge in [0.1, 0.15) is 0 Å². The number of sulfone groups is 1. The first-order valence-corrected chi connectivity index (χ1v) is 8.01. The molecule has 1 unspecified atom stereocenters. The van der Waals surface area contributed by atoms with Crippen LogP contribution in [0.4, 0.5) is 5.69 Å². The van der Waals surface area contributed by atoms with Gasteiger partial charge in [0.05, 0.1) is 11.8 Å². The van der Waals surface area contributed by atoms with Gasteiger partial charge in [0.25, 0.3) is 0 Å². The zero-order valence-corrected chi connectivity index (χ0v) is 12.0. The van der Waals surface area contributed by atoms with Crippen molar-refractivity contribution in [3.05, 3.63) is 40.8 Å². The second kappa shape index (κ2) is 5.35. The summed E-state index contributed by atoms with van der Waals surface area (Å²) >= 11 is 5.93. The maximum Gasteiger partial charge on any atom is 0.227 e. The van der Waals surface area contributed by atoms with E-state index in [1.54, 1.807) is 37.3 Å². The molecule has 1 aliphatic heterocycles. The third-order valence-corrected chi connectivity index (χ3v) is 4.51. The Kier molecular flexibility index (Phi) is 3.96. The molecule has 0 N–H and O–H groups in total. The van der Waals surface area contributed by atoms with E-state index in [2.05, 4.69) is 0 Å². The molecule has 6 heteroatoms. The topological polar surface area (TPSA) is 54.5 Å². The van der Waals surface area contributed by atoms with Gasteiger partial charge in [0, 0.05) is 22.5 Å². The highest BCUT2D eigenvalue weighted by Crippen LogP contribution is 2.25. The molecule has 0 saturated heterocycles. The Morgan fingerprint density at radius 3 is 2.74 bits per heavy atom. The van der Waals surface area contributed by atoms with Gasteiger partial charge in [-0.05, 0) is 24.3 Å². The fourth-order valence-corrected chi connectivity index (χ4v) is 3.49. The van der Waals surface area contributed by atoms with Crippen molar-refractivity contribution >= 4 is 33.0 Å². The first-order chi connectivity index (χ1) is 8.93. The van der Waals surface area contributed by atoms with Crippen molar-refractivity contribution in [1.82, 2.24) is 0 Å². The summed E-state index contributed by atoms with van der Waals surface area (Å²) in [5.74, 6) is -0.209. The van der Waals surface area contributed by atoms with Crippen molar-refractivity contribution in [2.45, 2.75) is 19.4 Å². The lowest BCUT2D eigenvalue weighted by molar-refractivity contribution is -0.118. The second-order valence-electron chi connectivity index (χ2n) is 4.32. The predicted molar refractivity (Wildman–Crippen MR) is 75.9 cm³/mol. The van der Waals surface area contributed by atoms with Crippen LogP contribution in [0.1, 0.15) is 13.3 Å². The molecule has 4 nitrogen and oxygen atoms in total. The van der Waals surface area contributed by atoms with Crippen LogP contribution in [0.25, 0.3) is 0 Å². The van der Waals surface area contributed by atoms with Gasteiger partial charge < -0.3 is 4.90 Å². The Morgan fingerprint density at radius 1 is 1.47 bits per heavy atom. The lowest BCUT2D eigenvalue weighted by Crippen LogP contribution is -2.40. The van der Waals surface area contributed by atoms with Gasteiger partial charge in [-0.2, -0.15) is 0 Å². The van der Waals surface area contributed by atoms with Crippen LogP contribution in [0.5, 0.6) is 0 Å². The highest BCUT2D eigenvalue weighted by atomic mass is 35.5. The van der Waals surface area contributed by atoms with E-state index < -0.39 is 15.9 Å². The molecule has 0 aromatic heterocycles. The highest BCUT2D eigenvalue weighted by Gasteiger charge is 2.30. The van der Waals surface area contributed by atoms with Crippen LogP contribution in [-0.2, 0) is 14.6 Å². The first-order valence-electron chi connectivity index (χ1n) is 5.91. The quantitative estimate of drug-likeness (QED) is 0.861. The van der Waals surface area contributed by atoms with E-state index in [9.17, 15) is 13.2 Å². The van der Waals surface area contributed by atoms with E-state index in [0.29, 0.717) is 17.1 Å². The van der Waals surface area contributed by atoms with Crippen LogP contribution in [0.2, 0.25) is 5.02 Å². The molecule has 0 spiro atoms. The number of nitrogens with zero attached hydrogens (tertiary/aromatic N) is 1. The molecule has 1 heterocycles. The van der Waals surface area contributed by atoms with Crippen molar-refractivity contribution in [3.63, 3.8) is 0 Å². The van der Waals surface area contributed by atoms with E-state index in [1.165, 1.54) is 4.90 Å². The van der Waals surface area contributed by atoms with Crippen molar-refractivity contribution in [2.75, 3.05) is 10.7 Å². The van der Waals surface area contributed by atoms with Crippen LogP contribution in [0, 0.1) is 0 Å². The van der Waals surface area contributed by atoms with Crippen LogP contribution in [-0.4, -0.2) is 26.1 Å². The molecule has 1 aliphatic rings. The molecule has 1 aromatic carbocycles. The summed E-state index contributed by atoms with van der Waals surface area (Å²) in [7, 11) is -3.21. The predicted octanol–water partition coefficient (Wildman–Crippen LogP) is 2.39. The number of benzene rings is 1. The molecule has 102 valence electrons. The maximum absolute atomic E-state index is 12.1. The molecule has 19 heavy (non-hydrogen) atoms. The Hall–Kier alpha value is -1.33. The van der Waals surface area contributed by atoms with Gasteiger partial charge >= 0.3 is 0 Å². The SMILES string of the molecule is CCC(=O)N(c1cccc(Cl)c1)C1C=CS(=O)(=O)C1. The Balaban J connectivity index is 2.38. The molecule has 1 atom stereocenters. The van der Waals surface area contributed by atoms with Crippen molar-refractivity contribution in [1.29, 1.82) is 0 Å². The summed E-state index contributed by atoms with van der Waals surface area (Å²) in [5.41, 5.74) is 0.617. The number of hydrogen-bond donors (Lipinski definition) is 0. The fraction of sp³-hybridized carbons (Fsp3) is 0.308. The minimum absolute atomic E-state index is 0.0781. The molecule has 0 saturated carbocycles. The molecule has 0 aliphatic carbocycles. The van der Waals surface area contributed by atoms with Crippen molar-refractivity contribution in [3.8, 4) is 0 Å². The van der Waals surface area contributed by atoms with E-state index in [0.717, 1.165) is 5.41 Å². The van der Waals surface area contributed by atoms with Crippen LogP contribution in [0.3, 0.4) is 0 Å². The normalized spacial score (nSPS) is 20.4. The third kappa shape index (κ3) is 3.16. The number of halogens is 1. The average Bonchev–Trinajstić information content (AvgIpc) is 2.69. The van der Waals surface area contributed by atoms with Crippen LogP contribution >= 0.6 is 11.6 Å². The summed E-state index contributed by atoms with van der Waals surface area (Å²) in [4.78, 5) is 13.6. The molecule has 1 aromatic rings. The average molecular weight is 300 g/mol. The summed E-state index contributed by atoms with van der Waals surface area (Å²) in [5, 5.41) is 1.68. The van der Waals surface area contributed by atoms with E-state index >= 15 is 0 Å². The maximum atomic E-state index is 12.1. The Labute approximate surface area is 117 Å². The molecule has 2 rings (SSSR count). The Bertz CT molecular complexity index is 625. The monoisotopic (exact) mass is 299 g/mol. The van der Waals surface area contributed by atoms with Crippen molar-refractivity contribution < 1.29 is 13.2 Å². The van der Waals surface area contributed by atoms with Crippen molar-refractivity contribution in [2.24, 2.45) is 0 Å². The number of hydrogen-bond acceptors (Lipinski definition) is 3. The number of amides is 1. The molecular weight excluding hydrogens is 286 g/mol. The van der Waals surface area contributed by atoms with E-state index in [-0.39, 0.29) is 11.7 Å². The van der Waals surface area contributed by atoms with Gasteiger partial charge in [0.2, 0.25) is 5.91 Å². The number of rotatable bonds is 3. The van der Waals surface area contributed by atoms with Crippen LogP contribution in [0.15, 0.2) is 35.7 Å². The van der Waals surface area contributed by atoms with E-state index in [1.807, 2.05) is 0 Å². The smallest absolute Gasteiger partial charge is 0.227 e. The summed E-state index contributed by atoms with van der Waals surface area (Å²) < 4.78 is 23.0. The lowest BCUT2D eigenvalue weighted by Gasteiger charge is -2.27. The number of carbonyl (C=O) groups is 1. The Morgan fingerprint density at radius 2 is 2.21 bits per heavy atom. The van der Waals surface area contributed by atoms with Gasteiger partial charge in [-0.15, -0.1) is 0 Å². The summed E-state index contributed by atoms with van der Waals surface area (Å²) in [6, 6.07) is 6.39. The zero-order valence-electron chi connectivity index (χ0n) is 10.4. The van der Waals surface area contributed by atoms with Gasteiger partial charge in [-0.1, -0.05) is 24.6 Å². The number of anilines is 1. The van der Waals surface area contributed by atoms with Gasteiger partial charge in [-0.3, -0.25) is 4.79 Å². The summed E-state index contributed by atoms with van der Waals surface area (Å²) in [6.45, 7) is 1.74. The molecule has 0 radical (unpaired) electrons. The molecule has 0 fully saturated rings. The minimum Gasteiger partial charge on any atom is -0.304 e. The second-order valence-corrected chi connectivity index (χ2v) is 6.69. The standard InChI is InChI=1S/C13H14ClNO3S/c1-2-13(16)15(11-5-3-4-10(14)8-11)12-6-7-19(17,18)9-12/h3-8,12H,2,9H2,1H3. The number of carbonyl (C=O) groups excluding carboxylic acids is 1. The van der Waals surface area contributed by atoms with Crippen LogP contribution < -0.4 is 4.90 Å². The lowest BCUT2D eigenvalue weighted by atomic mass is 10.2. The minimum atomic E-state index is -3.21. The van der Waals surface area contributed by atoms with Gasteiger partial charge in [0.15, 0.2) is 9.84 Å². The third-order valence-electron chi connectivity index (χ3n) is 2.90. The first kappa shape index (κ1) is 14.1. The largest absolute Gasteiger partial charge is 0.304 e. The van der Waals surface area contributed by atoms with Gasteiger partial charge in [-0.25, -0.2) is 8.42 Å². The molecular formula is C13H14ClNO3S. The molecule has 0 bridgehead atoms. The zero-order chi connectivity index (χ0) is 14.0. The fourth-order valence-electron chi connectivity index (χ4n) is 2.04. The summed E-state index contributed by atoms with van der Waals surface area (Å²) in [6.07, 6.45) is 1.85.